The normalized spacial score (nSPS) is 23.3. The molecule has 5 heteroatoms. The van der Waals surface area contributed by atoms with E-state index < -0.39 is 28.6 Å². The largest absolute Gasteiger partial charge is 0.459 e. The monoisotopic (exact) mass is 350 g/mol. The van der Waals surface area contributed by atoms with Gasteiger partial charge in [0.2, 0.25) is 0 Å². The Kier molecular flexibility index (Phi) is 4.92. The van der Waals surface area contributed by atoms with Crippen LogP contribution >= 0.6 is 0 Å². The van der Waals surface area contributed by atoms with Gasteiger partial charge < -0.3 is 9.47 Å². The molecule has 0 unspecified atom stereocenters. The third-order valence-corrected chi connectivity index (χ3v) is 4.82. The lowest BCUT2D eigenvalue weighted by molar-refractivity contribution is -0.187. The van der Waals surface area contributed by atoms with E-state index in [1.54, 1.807) is 48.5 Å². The van der Waals surface area contributed by atoms with Gasteiger partial charge in [-0.15, -0.1) is 0 Å². The highest BCUT2D eigenvalue weighted by Gasteiger charge is 2.55. The summed E-state index contributed by atoms with van der Waals surface area (Å²) >= 11 is 0. The van der Waals surface area contributed by atoms with Crippen molar-refractivity contribution in [1.82, 2.24) is 0 Å². The molecular formula is C20H30O5. The highest BCUT2D eigenvalue weighted by Crippen LogP contribution is 2.50. The van der Waals surface area contributed by atoms with Gasteiger partial charge in [-0.3, -0.25) is 14.4 Å². The zero-order valence-electron chi connectivity index (χ0n) is 16.4. The number of allylic oxidation sites excluding steroid dienone is 2. The average Bonchev–Trinajstić information content (AvgIpc) is 2.69. The number of esters is 2. The summed E-state index contributed by atoms with van der Waals surface area (Å²) in [7, 11) is 0. The van der Waals surface area contributed by atoms with Crippen LogP contribution in [0.15, 0.2) is 11.1 Å². The van der Waals surface area contributed by atoms with Crippen LogP contribution in [0.25, 0.3) is 0 Å². The molecule has 2 rings (SSSR count). The summed E-state index contributed by atoms with van der Waals surface area (Å²) in [6.45, 7) is 12.5. The number of rotatable bonds is 2. The maximum Gasteiger partial charge on any atom is 0.324 e. The van der Waals surface area contributed by atoms with Crippen LogP contribution < -0.4 is 0 Å². The molecule has 0 amide bonds. The molecule has 0 N–H and O–H groups in total. The molecular weight excluding hydrogens is 320 g/mol. The van der Waals surface area contributed by atoms with E-state index in [4.69, 9.17) is 9.47 Å². The second-order valence-electron chi connectivity index (χ2n) is 9.28. The molecule has 5 nitrogen and oxygen atoms in total. The first kappa shape index (κ1) is 19.7. The summed E-state index contributed by atoms with van der Waals surface area (Å²) in [4.78, 5) is 38.1. The highest BCUT2D eigenvalue weighted by atomic mass is 16.6. The summed E-state index contributed by atoms with van der Waals surface area (Å²) in [6.07, 6.45) is 1.68. The highest BCUT2D eigenvalue weighted by molar-refractivity contribution is 6.03. The molecule has 0 aromatic rings. The summed E-state index contributed by atoms with van der Waals surface area (Å²) in [5.74, 6) is -0.839. The van der Waals surface area contributed by atoms with Crippen molar-refractivity contribution in [2.45, 2.75) is 85.4 Å². The molecule has 0 radical (unpaired) electrons. The fourth-order valence-corrected chi connectivity index (χ4v) is 3.56. The molecule has 0 aromatic carbocycles. The van der Waals surface area contributed by atoms with Gasteiger partial charge in [-0.25, -0.2) is 0 Å². The Hall–Kier alpha value is -1.65. The molecule has 0 heterocycles. The number of carbonyl (C=O) groups is 3. The zero-order chi connectivity index (χ0) is 19.2. The molecule has 0 aromatic heterocycles. The number of hydrogen-bond acceptors (Lipinski definition) is 5. The molecule has 0 bridgehead atoms. The Morgan fingerprint density at radius 3 is 1.92 bits per heavy atom. The first-order chi connectivity index (χ1) is 11.3. The second kappa shape index (κ2) is 6.26. The minimum atomic E-state index is -1.36. The van der Waals surface area contributed by atoms with Crippen LogP contribution in [0.3, 0.4) is 0 Å². The Balaban J connectivity index is 2.42. The number of ether oxygens (including phenoxy) is 2. The standard InChI is InChI=1S/C20H30O5/c1-12-14-11-20(16(22)24-18(2,3)4,17(23)25-19(5,6)7)9-8-13(14)10-15(12)21/h13H,8-11H2,1-7H3/t13-/m1/s1. The number of Topliss-reactive ketones (excluding diaryl/α,β-unsaturated/α-hetero) is 1. The van der Waals surface area contributed by atoms with Crippen molar-refractivity contribution in [3.8, 4) is 0 Å². The lowest BCUT2D eigenvalue weighted by atomic mass is 9.68. The van der Waals surface area contributed by atoms with Crippen LogP contribution in [0.1, 0.15) is 74.1 Å². The first-order valence-electron chi connectivity index (χ1n) is 8.95. The minimum Gasteiger partial charge on any atom is -0.459 e. The Bertz CT molecular complexity index is 599. The molecule has 2 aliphatic carbocycles. The quantitative estimate of drug-likeness (QED) is 0.560. The van der Waals surface area contributed by atoms with Crippen molar-refractivity contribution in [3.63, 3.8) is 0 Å². The van der Waals surface area contributed by atoms with Gasteiger partial charge in [0.05, 0.1) is 0 Å². The van der Waals surface area contributed by atoms with Crippen LogP contribution in [0.2, 0.25) is 0 Å². The van der Waals surface area contributed by atoms with Crippen molar-refractivity contribution in [2.24, 2.45) is 11.3 Å². The number of carbonyl (C=O) groups excluding carboxylic acids is 3. The van der Waals surface area contributed by atoms with Crippen molar-refractivity contribution < 1.29 is 23.9 Å². The molecule has 25 heavy (non-hydrogen) atoms. The smallest absolute Gasteiger partial charge is 0.324 e. The van der Waals surface area contributed by atoms with E-state index in [0.29, 0.717) is 24.8 Å². The predicted octanol–water partition coefficient (Wildman–Crippen LogP) is 3.75. The van der Waals surface area contributed by atoms with Crippen LogP contribution in [-0.2, 0) is 23.9 Å². The molecule has 0 saturated heterocycles. The van der Waals surface area contributed by atoms with Crippen LogP contribution in [0, 0.1) is 11.3 Å². The average molecular weight is 350 g/mol. The molecule has 2 aliphatic rings. The van der Waals surface area contributed by atoms with E-state index in [-0.39, 0.29) is 18.1 Å². The van der Waals surface area contributed by atoms with E-state index in [2.05, 4.69) is 0 Å². The maximum absolute atomic E-state index is 13.0. The van der Waals surface area contributed by atoms with Crippen LogP contribution in [0.5, 0.6) is 0 Å². The molecule has 1 atom stereocenters. The summed E-state index contributed by atoms with van der Waals surface area (Å²) in [5.41, 5.74) is -1.14. The van der Waals surface area contributed by atoms with Crippen molar-refractivity contribution in [3.05, 3.63) is 11.1 Å². The van der Waals surface area contributed by atoms with Gasteiger partial charge in [0, 0.05) is 6.42 Å². The lowest BCUT2D eigenvalue weighted by Crippen LogP contribution is -2.49. The second-order valence-corrected chi connectivity index (χ2v) is 9.28. The maximum atomic E-state index is 13.0. The third kappa shape index (κ3) is 4.13. The topological polar surface area (TPSA) is 69.7 Å². The number of fused-ring (bicyclic) bond motifs is 1. The molecule has 1 saturated carbocycles. The van der Waals surface area contributed by atoms with E-state index in [1.807, 2.05) is 0 Å². The van der Waals surface area contributed by atoms with Crippen molar-refractivity contribution in [2.75, 3.05) is 0 Å². The van der Waals surface area contributed by atoms with Gasteiger partial charge in [0.15, 0.2) is 11.2 Å². The van der Waals surface area contributed by atoms with Gasteiger partial charge in [0.25, 0.3) is 0 Å². The van der Waals surface area contributed by atoms with Gasteiger partial charge in [-0.2, -0.15) is 0 Å². The molecule has 0 aliphatic heterocycles. The van der Waals surface area contributed by atoms with E-state index in [9.17, 15) is 14.4 Å². The SMILES string of the molecule is CC1=C2CC(C(=O)OC(C)(C)C)(C(=O)OC(C)(C)C)CC[C@@H]2CC1=O. The van der Waals surface area contributed by atoms with Crippen molar-refractivity contribution in [1.29, 1.82) is 0 Å². The molecule has 0 spiro atoms. The number of hydrogen-bond donors (Lipinski definition) is 0. The van der Waals surface area contributed by atoms with E-state index in [1.165, 1.54) is 0 Å². The Labute approximate surface area is 150 Å². The Morgan fingerprint density at radius 2 is 1.48 bits per heavy atom. The van der Waals surface area contributed by atoms with Crippen LogP contribution in [-0.4, -0.2) is 28.9 Å². The van der Waals surface area contributed by atoms with Crippen molar-refractivity contribution >= 4 is 17.7 Å². The molecule has 1 fully saturated rings. The summed E-state index contributed by atoms with van der Waals surface area (Å²) in [5, 5.41) is 0. The zero-order valence-corrected chi connectivity index (χ0v) is 16.4. The lowest BCUT2D eigenvalue weighted by Gasteiger charge is -2.39. The summed E-state index contributed by atoms with van der Waals surface area (Å²) in [6, 6.07) is 0. The van der Waals surface area contributed by atoms with Gasteiger partial charge in [-0.05, 0) is 79.2 Å². The van der Waals surface area contributed by atoms with E-state index >= 15 is 0 Å². The van der Waals surface area contributed by atoms with Gasteiger partial charge in [-0.1, -0.05) is 5.57 Å². The fraction of sp³-hybridized carbons (Fsp3) is 0.750. The predicted molar refractivity (Wildman–Crippen MR) is 93.8 cm³/mol. The fourth-order valence-electron chi connectivity index (χ4n) is 3.56. The third-order valence-electron chi connectivity index (χ3n) is 4.82. The minimum absolute atomic E-state index is 0.115. The first-order valence-corrected chi connectivity index (χ1v) is 8.95. The number of ketones is 1. The van der Waals surface area contributed by atoms with Gasteiger partial charge in [0.1, 0.15) is 11.2 Å². The van der Waals surface area contributed by atoms with Gasteiger partial charge >= 0.3 is 11.9 Å². The van der Waals surface area contributed by atoms with E-state index in [0.717, 1.165) is 5.57 Å². The van der Waals surface area contributed by atoms with Crippen LogP contribution in [0.4, 0.5) is 0 Å². The Morgan fingerprint density at radius 1 is 1.00 bits per heavy atom. The summed E-state index contributed by atoms with van der Waals surface area (Å²) < 4.78 is 11.2. The molecule has 140 valence electrons.